The second-order valence-electron chi connectivity index (χ2n) is 9.17. The van der Waals surface area contributed by atoms with Crippen molar-refractivity contribution < 1.29 is 38.5 Å². The van der Waals surface area contributed by atoms with Crippen LogP contribution in [0.5, 0.6) is 5.75 Å². The van der Waals surface area contributed by atoms with Gasteiger partial charge in [-0.25, -0.2) is 4.79 Å². The van der Waals surface area contributed by atoms with Gasteiger partial charge in [0.15, 0.2) is 12.2 Å². The normalized spacial score (nSPS) is 16.7. The average Bonchev–Trinajstić information content (AvgIpc) is 3.47. The highest BCUT2D eigenvalue weighted by Gasteiger charge is 2.41. The van der Waals surface area contributed by atoms with E-state index in [0.717, 1.165) is 5.56 Å². The summed E-state index contributed by atoms with van der Waals surface area (Å²) in [5.74, 6) is -2.61. The minimum absolute atomic E-state index is 0.0795. The van der Waals surface area contributed by atoms with Crippen LogP contribution in [0.3, 0.4) is 0 Å². The smallest absolute Gasteiger partial charge is 0.326 e. The van der Waals surface area contributed by atoms with Crippen molar-refractivity contribution in [1.29, 1.82) is 0 Å². The summed E-state index contributed by atoms with van der Waals surface area (Å²) in [6.45, 7) is -0.189. The quantitative estimate of drug-likeness (QED) is 0.256. The van der Waals surface area contributed by atoms with Crippen LogP contribution in [0.2, 0.25) is 10.0 Å². The van der Waals surface area contributed by atoms with Crippen molar-refractivity contribution in [1.82, 2.24) is 10.6 Å². The van der Waals surface area contributed by atoms with Crippen molar-refractivity contribution in [2.75, 3.05) is 19.2 Å². The van der Waals surface area contributed by atoms with Crippen LogP contribution in [0.15, 0.2) is 66.7 Å². The Morgan fingerprint density at radius 1 is 0.929 bits per heavy atom. The number of carboxylic acids is 1. The maximum absolute atomic E-state index is 13.0. The van der Waals surface area contributed by atoms with Crippen LogP contribution in [0, 0.1) is 0 Å². The minimum atomic E-state index is -1.35. The third-order valence-electron chi connectivity index (χ3n) is 6.39. The molecule has 0 radical (unpaired) electrons. The third-order valence-corrected chi connectivity index (χ3v) is 7.02. The number of nitrogens with one attached hydrogen (secondary N) is 3. The molecule has 4 rings (SSSR count). The molecule has 1 aliphatic heterocycles. The van der Waals surface area contributed by atoms with Gasteiger partial charge in [-0.05, 0) is 35.9 Å². The number of para-hydroxylation sites is 1. The highest BCUT2D eigenvalue weighted by molar-refractivity contribution is 6.40. The molecule has 220 valence electrons. The summed E-state index contributed by atoms with van der Waals surface area (Å²) < 4.78 is 15.9. The largest absolute Gasteiger partial charge is 0.496 e. The fraction of sp³-hybridized carbons (Fsp3) is 0.241. The molecule has 1 heterocycles. The Kier molecular flexibility index (Phi) is 10.4. The number of hydrogen-bond donors (Lipinski definition) is 4. The molecule has 13 heteroatoms. The van der Waals surface area contributed by atoms with E-state index in [2.05, 4.69) is 16.0 Å². The zero-order valence-electron chi connectivity index (χ0n) is 22.3. The van der Waals surface area contributed by atoms with Crippen LogP contribution >= 0.6 is 23.2 Å². The molecule has 3 amide bonds. The molecule has 3 atom stereocenters. The fourth-order valence-corrected chi connectivity index (χ4v) is 4.81. The Hall–Kier alpha value is -4.16. The van der Waals surface area contributed by atoms with E-state index in [0.29, 0.717) is 17.0 Å². The molecule has 4 N–H and O–H groups in total. The molecule has 1 fully saturated rings. The van der Waals surface area contributed by atoms with E-state index in [1.807, 2.05) is 0 Å². The number of carbonyl (C=O) groups is 4. The van der Waals surface area contributed by atoms with Gasteiger partial charge in [0.05, 0.1) is 22.7 Å². The molecule has 0 saturated carbocycles. The van der Waals surface area contributed by atoms with Crippen molar-refractivity contribution in [3.63, 3.8) is 0 Å². The lowest BCUT2D eigenvalue weighted by Crippen LogP contribution is -2.52. The number of aliphatic carboxylic acids is 1. The summed E-state index contributed by atoms with van der Waals surface area (Å²) >= 11 is 12.2. The average molecular weight is 616 g/mol. The first-order valence-corrected chi connectivity index (χ1v) is 13.4. The molecule has 0 bridgehead atoms. The van der Waals surface area contributed by atoms with E-state index in [1.165, 1.54) is 7.11 Å². The fourth-order valence-electron chi connectivity index (χ4n) is 4.24. The van der Waals surface area contributed by atoms with Crippen LogP contribution < -0.4 is 20.7 Å². The number of rotatable bonds is 11. The Balaban J connectivity index is 1.35. The summed E-state index contributed by atoms with van der Waals surface area (Å²) in [5, 5.41) is 17.9. The molecule has 1 aliphatic rings. The second-order valence-corrected chi connectivity index (χ2v) is 9.99. The van der Waals surface area contributed by atoms with Crippen molar-refractivity contribution in [2.24, 2.45) is 0 Å². The molecule has 3 aromatic rings. The number of amides is 3. The van der Waals surface area contributed by atoms with E-state index in [4.69, 9.17) is 37.4 Å². The van der Waals surface area contributed by atoms with Gasteiger partial charge in [-0.2, -0.15) is 0 Å². The summed E-state index contributed by atoms with van der Waals surface area (Å²) in [6, 6.07) is 16.9. The van der Waals surface area contributed by atoms with Gasteiger partial charge in [-0.15, -0.1) is 0 Å². The highest BCUT2D eigenvalue weighted by Crippen LogP contribution is 2.25. The molecule has 42 heavy (non-hydrogen) atoms. The topological polar surface area (TPSA) is 152 Å². The highest BCUT2D eigenvalue weighted by atomic mass is 35.5. The van der Waals surface area contributed by atoms with Gasteiger partial charge >= 0.3 is 5.97 Å². The van der Waals surface area contributed by atoms with Gasteiger partial charge in [0.1, 0.15) is 18.6 Å². The molecule has 1 saturated heterocycles. The Morgan fingerprint density at radius 2 is 1.57 bits per heavy atom. The van der Waals surface area contributed by atoms with Crippen LogP contribution in [-0.4, -0.2) is 60.9 Å². The summed E-state index contributed by atoms with van der Waals surface area (Å²) in [5.41, 5.74) is 1.83. The van der Waals surface area contributed by atoms with E-state index in [9.17, 15) is 24.3 Å². The lowest BCUT2D eigenvalue weighted by molar-refractivity contribution is -0.144. The number of carboxylic acid groups (broad SMARTS) is 1. The lowest BCUT2D eigenvalue weighted by Gasteiger charge is -2.20. The maximum Gasteiger partial charge on any atom is 0.326 e. The van der Waals surface area contributed by atoms with Gasteiger partial charge < -0.3 is 35.3 Å². The van der Waals surface area contributed by atoms with Gasteiger partial charge in [-0.1, -0.05) is 59.6 Å². The maximum atomic E-state index is 13.0. The van der Waals surface area contributed by atoms with Gasteiger partial charge in [-0.3, -0.25) is 14.4 Å². The van der Waals surface area contributed by atoms with Crippen LogP contribution in [0.4, 0.5) is 5.69 Å². The first-order chi connectivity index (χ1) is 20.2. The number of ether oxygens (including phenoxy) is 3. The molecule has 0 unspecified atom stereocenters. The van der Waals surface area contributed by atoms with Crippen LogP contribution in [0.1, 0.15) is 21.5 Å². The third kappa shape index (κ3) is 7.56. The standard InChI is InChI=1S/C29H27Cl2N3O8/c1-40-22-8-3-2-5-17(22)14-32-27(36)24-25(42-15-41-24)28(37)34-21(29(38)39)13-16-9-11-18(12-10-16)33-26(35)23-19(30)6-4-7-20(23)31/h2-12,21,24-25H,13-15H2,1H3,(H,32,36)(H,33,35)(H,34,37)(H,38,39)/t21-,24+,25+/m0/s1. The van der Waals surface area contributed by atoms with Gasteiger partial charge in [0, 0.05) is 24.2 Å². The number of anilines is 1. The van der Waals surface area contributed by atoms with E-state index in [1.54, 1.807) is 66.7 Å². The Bertz CT molecular complexity index is 1450. The van der Waals surface area contributed by atoms with E-state index in [-0.39, 0.29) is 35.4 Å². The number of benzene rings is 3. The molecule has 0 aliphatic carbocycles. The zero-order valence-corrected chi connectivity index (χ0v) is 23.8. The lowest BCUT2D eigenvalue weighted by atomic mass is 10.0. The minimum Gasteiger partial charge on any atom is -0.496 e. The number of halogens is 2. The SMILES string of the molecule is COc1ccccc1CNC(=O)[C@@H]1OCO[C@H]1C(=O)N[C@@H](Cc1ccc(NC(=O)c2c(Cl)cccc2Cl)cc1)C(=O)O. The number of carbonyl (C=O) groups excluding carboxylic acids is 3. The molecular weight excluding hydrogens is 589 g/mol. The van der Waals surface area contributed by atoms with Crippen molar-refractivity contribution >= 4 is 52.6 Å². The van der Waals surface area contributed by atoms with Crippen LogP contribution in [0.25, 0.3) is 0 Å². The van der Waals surface area contributed by atoms with Crippen LogP contribution in [-0.2, 0) is 36.8 Å². The van der Waals surface area contributed by atoms with Crippen molar-refractivity contribution in [3.05, 3.63) is 93.5 Å². The van der Waals surface area contributed by atoms with E-state index < -0.39 is 41.9 Å². The molecule has 3 aromatic carbocycles. The van der Waals surface area contributed by atoms with Crippen molar-refractivity contribution in [3.8, 4) is 5.75 Å². The second kappa shape index (κ2) is 14.1. The number of hydrogen-bond acceptors (Lipinski definition) is 7. The predicted octanol–water partition coefficient (Wildman–Crippen LogP) is 3.42. The molecule has 11 nitrogen and oxygen atoms in total. The molecule has 0 aromatic heterocycles. The monoisotopic (exact) mass is 615 g/mol. The Morgan fingerprint density at radius 3 is 2.21 bits per heavy atom. The molecule has 0 spiro atoms. The summed E-state index contributed by atoms with van der Waals surface area (Å²) in [7, 11) is 1.51. The number of methoxy groups -OCH3 is 1. The Labute approximate surface area is 251 Å². The van der Waals surface area contributed by atoms with Gasteiger partial charge in [0.25, 0.3) is 17.7 Å². The summed E-state index contributed by atoms with van der Waals surface area (Å²) in [4.78, 5) is 50.3. The molecular formula is C29H27Cl2N3O8. The van der Waals surface area contributed by atoms with Gasteiger partial charge in [0.2, 0.25) is 0 Å². The van der Waals surface area contributed by atoms with E-state index >= 15 is 0 Å². The first kappa shape index (κ1) is 30.8. The summed E-state index contributed by atoms with van der Waals surface area (Å²) in [6.07, 6.45) is -2.70. The van der Waals surface area contributed by atoms with Crippen molar-refractivity contribution in [2.45, 2.75) is 31.2 Å². The zero-order chi connectivity index (χ0) is 30.2. The predicted molar refractivity (Wildman–Crippen MR) is 154 cm³/mol. The first-order valence-electron chi connectivity index (χ1n) is 12.7.